The number of thioether (sulfide) groups is 1. The summed E-state index contributed by atoms with van der Waals surface area (Å²) in [6.07, 6.45) is 5.21. The van der Waals surface area contributed by atoms with E-state index in [1.807, 2.05) is 37.2 Å². The van der Waals surface area contributed by atoms with E-state index in [1.54, 1.807) is 27.6 Å². The Kier molecular flexibility index (Phi) is 7.70. The molecule has 3 aromatic heterocycles. The molecule has 0 fully saturated rings. The van der Waals surface area contributed by atoms with Crippen LogP contribution in [-0.2, 0) is 30.7 Å². The maximum atomic E-state index is 13.6. The second kappa shape index (κ2) is 10.5. The quantitative estimate of drug-likeness (QED) is 0.334. The van der Waals surface area contributed by atoms with Crippen LogP contribution in [0.25, 0.3) is 10.2 Å². The fraction of sp³-hybridized carbons (Fsp3) is 0.522. The lowest BCUT2D eigenvalue weighted by atomic mass is 9.97. The summed E-state index contributed by atoms with van der Waals surface area (Å²) >= 11 is 4.69. The molecular formula is C23H30N4O2S3. The molecule has 6 nitrogen and oxygen atoms in total. The molecular weight excluding hydrogens is 460 g/mol. The first-order chi connectivity index (χ1) is 15.4. The molecule has 3 aromatic rings. The predicted molar refractivity (Wildman–Crippen MR) is 135 cm³/mol. The van der Waals surface area contributed by atoms with Crippen LogP contribution in [0, 0.1) is 0 Å². The number of thiophene rings is 2. The van der Waals surface area contributed by atoms with Crippen molar-refractivity contribution < 1.29 is 4.79 Å². The Bertz CT molecular complexity index is 1130. The first-order valence-electron chi connectivity index (χ1n) is 11.0. The lowest BCUT2D eigenvalue weighted by molar-refractivity contribution is -0.127. The van der Waals surface area contributed by atoms with Crippen LogP contribution in [0.2, 0.25) is 0 Å². The highest BCUT2D eigenvalue weighted by Crippen LogP contribution is 2.34. The van der Waals surface area contributed by atoms with Gasteiger partial charge in [-0.15, -0.1) is 11.3 Å². The van der Waals surface area contributed by atoms with E-state index < -0.39 is 0 Å². The Hall–Kier alpha value is -1.68. The number of amides is 1. The van der Waals surface area contributed by atoms with E-state index in [4.69, 9.17) is 4.98 Å². The molecule has 1 aliphatic carbocycles. The number of rotatable bonds is 9. The van der Waals surface area contributed by atoms with Crippen molar-refractivity contribution in [1.82, 2.24) is 19.4 Å². The maximum absolute atomic E-state index is 13.6. The first kappa shape index (κ1) is 23.5. The lowest BCUT2D eigenvalue weighted by Crippen LogP contribution is -2.29. The van der Waals surface area contributed by atoms with Gasteiger partial charge in [0.1, 0.15) is 4.83 Å². The highest BCUT2D eigenvalue weighted by atomic mass is 32.2. The molecule has 9 heteroatoms. The standard InChI is InChI=1S/C23H30N4O2S3/c1-25(2)10-6-11-27-22(29)20-17-7-4-5-8-18(17)32-21(20)24-23(27)31-15-19(28)26(3)13-16-9-12-30-14-16/h9,12,14H,4-8,10-11,13,15H2,1-3H3. The molecule has 0 aromatic carbocycles. The summed E-state index contributed by atoms with van der Waals surface area (Å²) in [4.78, 5) is 37.2. The number of fused-ring (bicyclic) bond motifs is 3. The van der Waals surface area contributed by atoms with Gasteiger partial charge >= 0.3 is 0 Å². The van der Waals surface area contributed by atoms with Crippen molar-refractivity contribution >= 4 is 50.6 Å². The van der Waals surface area contributed by atoms with Gasteiger partial charge in [0, 0.05) is 25.0 Å². The summed E-state index contributed by atoms with van der Waals surface area (Å²) < 4.78 is 1.81. The topological polar surface area (TPSA) is 58.4 Å². The Morgan fingerprint density at radius 1 is 1.25 bits per heavy atom. The van der Waals surface area contributed by atoms with Gasteiger partial charge in [-0.1, -0.05) is 11.8 Å². The third-order valence-electron chi connectivity index (χ3n) is 5.78. The van der Waals surface area contributed by atoms with Crippen molar-refractivity contribution in [3.63, 3.8) is 0 Å². The molecule has 4 rings (SSSR count). The molecule has 0 N–H and O–H groups in total. The summed E-state index contributed by atoms with van der Waals surface area (Å²) in [6.45, 7) is 2.12. The fourth-order valence-corrected chi connectivity index (χ4v) is 6.98. The van der Waals surface area contributed by atoms with Crippen molar-refractivity contribution in [3.8, 4) is 0 Å². The smallest absolute Gasteiger partial charge is 0.263 e. The monoisotopic (exact) mass is 490 g/mol. The molecule has 0 saturated carbocycles. The molecule has 172 valence electrons. The summed E-state index contributed by atoms with van der Waals surface area (Å²) in [5.41, 5.74) is 2.42. The molecule has 3 heterocycles. The minimum Gasteiger partial charge on any atom is -0.341 e. The molecule has 0 aliphatic heterocycles. The number of aromatic nitrogens is 2. The van der Waals surface area contributed by atoms with Gasteiger partial charge in [0.2, 0.25) is 5.91 Å². The number of hydrogen-bond donors (Lipinski definition) is 0. The van der Waals surface area contributed by atoms with E-state index in [0.717, 1.165) is 48.0 Å². The molecule has 0 bridgehead atoms. The summed E-state index contributed by atoms with van der Waals surface area (Å²) in [5.74, 6) is 0.318. The average molecular weight is 491 g/mol. The average Bonchev–Trinajstić information content (AvgIpc) is 3.40. The third kappa shape index (κ3) is 5.27. The van der Waals surface area contributed by atoms with Crippen molar-refractivity contribution in [1.29, 1.82) is 0 Å². The summed E-state index contributed by atoms with van der Waals surface area (Å²) in [5, 5.41) is 5.57. The largest absolute Gasteiger partial charge is 0.341 e. The van der Waals surface area contributed by atoms with Gasteiger partial charge in [0.15, 0.2) is 5.16 Å². The Morgan fingerprint density at radius 3 is 2.81 bits per heavy atom. The predicted octanol–water partition coefficient (Wildman–Crippen LogP) is 4.10. The van der Waals surface area contributed by atoms with E-state index in [2.05, 4.69) is 10.3 Å². The van der Waals surface area contributed by atoms with Gasteiger partial charge in [-0.05, 0) is 80.7 Å². The van der Waals surface area contributed by atoms with Crippen LogP contribution in [0.5, 0.6) is 0 Å². The first-order valence-corrected chi connectivity index (χ1v) is 13.8. The molecule has 0 saturated heterocycles. The zero-order chi connectivity index (χ0) is 22.7. The highest BCUT2D eigenvalue weighted by molar-refractivity contribution is 7.99. The molecule has 0 radical (unpaired) electrons. The highest BCUT2D eigenvalue weighted by Gasteiger charge is 2.23. The van der Waals surface area contributed by atoms with Crippen molar-refractivity contribution in [2.45, 2.75) is 50.4 Å². The number of hydrogen-bond acceptors (Lipinski definition) is 7. The summed E-state index contributed by atoms with van der Waals surface area (Å²) in [7, 11) is 5.91. The summed E-state index contributed by atoms with van der Waals surface area (Å²) in [6, 6.07) is 2.04. The fourth-order valence-electron chi connectivity index (χ4n) is 4.05. The number of nitrogens with zero attached hydrogens (tertiary/aromatic N) is 4. The van der Waals surface area contributed by atoms with E-state index in [-0.39, 0.29) is 17.2 Å². The van der Waals surface area contributed by atoms with Crippen LogP contribution < -0.4 is 5.56 Å². The van der Waals surface area contributed by atoms with Gasteiger partial charge in [-0.25, -0.2) is 4.98 Å². The van der Waals surface area contributed by atoms with Crippen LogP contribution in [-0.4, -0.2) is 58.7 Å². The molecule has 0 unspecified atom stereocenters. The van der Waals surface area contributed by atoms with Crippen LogP contribution >= 0.6 is 34.4 Å². The van der Waals surface area contributed by atoms with Crippen molar-refractivity contribution in [2.75, 3.05) is 33.4 Å². The van der Waals surface area contributed by atoms with Gasteiger partial charge in [0.25, 0.3) is 5.56 Å². The maximum Gasteiger partial charge on any atom is 0.263 e. The van der Waals surface area contributed by atoms with Crippen LogP contribution in [0.1, 0.15) is 35.3 Å². The Balaban J connectivity index is 1.58. The van der Waals surface area contributed by atoms with Gasteiger partial charge in [0.05, 0.1) is 11.1 Å². The van der Waals surface area contributed by atoms with E-state index in [0.29, 0.717) is 18.2 Å². The third-order valence-corrected chi connectivity index (χ3v) is 8.66. The van der Waals surface area contributed by atoms with Crippen molar-refractivity contribution in [3.05, 3.63) is 43.2 Å². The zero-order valence-electron chi connectivity index (χ0n) is 18.9. The van der Waals surface area contributed by atoms with E-state index in [9.17, 15) is 9.59 Å². The van der Waals surface area contributed by atoms with Crippen molar-refractivity contribution in [2.24, 2.45) is 0 Å². The second-order valence-electron chi connectivity index (χ2n) is 8.57. The van der Waals surface area contributed by atoms with E-state index in [1.165, 1.54) is 28.6 Å². The minimum atomic E-state index is 0.0425. The van der Waals surface area contributed by atoms with Gasteiger partial charge in [-0.2, -0.15) is 11.3 Å². The van der Waals surface area contributed by atoms with Crippen LogP contribution in [0.4, 0.5) is 0 Å². The molecule has 1 amide bonds. The van der Waals surface area contributed by atoms with Crippen LogP contribution in [0.3, 0.4) is 0 Å². The zero-order valence-corrected chi connectivity index (χ0v) is 21.4. The second-order valence-corrected chi connectivity index (χ2v) is 11.4. The molecule has 0 spiro atoms. The Morgan fingerprint density at radius 2 is 2.06 bits per heavy atom. The number of carbonyl (C=O) groups is 1. The normalized spacial score (nSPS) is 13.6. The lowest BCUT2D eigenvalue weighted by Gasteiger charge is -2.17. The van der Waals surface area contributed by atoms with Gasteiger partial charge < -0.3 is 9.80 Å². The molecule has 1 aliphatic rings. The van der Waals surface area contributed by atoms with Gasteiger partial charge in [-0.3, -0.25) is 14.2 Å². The molecule has 0 atom stereocenters. The SMILES string of the molecule is CN(C)CCCn1c(SCC(=O)N(C)Cc2ccsc2)nc2sc3c(c2c1=O)CCCC3. The number of carbonyl (C=O) groups excluding carboxylic acids is 1. The van der Waals surface area contributed by atoms with E-state index >= 15 is 0 Å². The van der Waals surface area contributed by atoms with Crippen LogP contribution in [0.15, 0.2) is 26.8 Å². The minimum absolute atomic E-state index is 0.0425. The Labute approximate surface area is 201 Å². The molecule has 32 heavy (non-hydrogen) atoms. The number of aryl methyl sites for hydroxylation is 2.